The topological polar surface area (TPSA) is 93.8 Å². The van der Waals surface area contributed by atoms with Crippen molar-refractivity contribution < 1.29 is 19.4 Å². The zero-order valence-corrected chi connectivity index (χ0v) is 9.88. The van der Waals surface area contributed by atoms with E-state index in [2.05, 4.69) is 10.1 Å². The molecule has 0 radical (unpaired) electrons. The Morgan fingerprint density at radius 2 is 2.22 bits per heavy atom. The summed E-state index contributed by atoms with van der Waals surface area (Å²) < 4.78 is 5.97. The monoisotopic (exact) mass is 249 g/mol. The molecule has 0 aliphatic rings. The highest BCUT2D eigenvalue weighted by atomic mass is 16.5. The lowest BCUT2D eigenvalue weighted by atomic mass is 10.3. The second-order valence-corrected chi connectivity index (χ2v) is 3.60. The average molecular weight is 249 g/mol. The van der Waals surface area contributed by atoms with Crippen molar-refractivity contribution in [2.75, 3.05) is 6.61 Å². The number of aromatic nitrogens is 3. The van der Waals surface area contributed by atoms with Crippen LogP contribution in [-0.2, 0) is 4.74 Å². The average Bonchev–Trinajstić information content (AvgIpc) is 2.71. The fraction of sp³-hybridized carbons (Fsp3) is 0.273. The van der Waals surface area contributed by atoms with Crippen molar-refractivity contribution >= 4 is 17.6 Å². The van der Waals surface area contributed by atoms with Gasteiger partial charge in [-0.2, -0.15) is 5.10 Å². The predicted octanol–water partition coefficient (Wildman–Crippen LogP) is 0.913. The van der Waals surface area contributed by atoms with Gasteiger partial charge in [0.15, 0.2) is 11.3 Å². The van der Waals surface area contributed by atoms with Crippen molar-refractivity contribution in [3.05, 3.63) is 29.2 Å². The molecule has 0 saturated carbocycles. The Hall–Kier alpha value is -2.44. The first-order chi connectivity index (χ1) is 8.54. The van der Waals surface area contributed by atoms with Crippen LogP contribution in [-0.4, -0.2) is 38.3 Å². The minimum Gasteiger partial charge on any atom is -0.477 e. The van der Waals surface area contributed by atoms with Crippen LogP contribution in [0, 0.1) is 6.92 Å². The summed E-state index contributed by atoms with van der Waals surface area (Å²) in [6.45, 7) is 3.56. The van der Waals surface area contributed by atoms with Crippen LogP contribution in [0.3, 0.4) is 0 Å². The van der Waals surface area contributed by atoms with Crippen LogP contribution in [0.1, 0.15) is 33.5 Å². The van der Waals surface area contributed by atoms with Gasteiger partial charge in [0.25, 0.3) is 0 Å². The van der Waals surface area contributed by atoms with Crippen LogP contribution in [0.25, 0.3) is 5.65 Å². The Morgan fingerprint density at radius 3 is 2.83 bits per heavy atom. The van der Waals surface area contributed by atoms with Gasteiger partial charge in [-0.05, 0) is 19.9 Å². The molecular weight excluding hydrogens is 238 g/mol. The number of carboxylic acid groups (broad SMARTS) is 1. The van der Waals surface area contributed by atoms with E-state index in [0.29, 0.717) is 5.69 Å². The van der Waals surface area contributed by atoms with Gasteiger partial charge in [-0.25, -0.2) is 19.1 Å². The fourth-order valence-electron chi connectivity index (χ4n) is 1.59. The van der Waals surface area contributed by atoms with Crippen LogP contribution in [0.4, 0.5) is 0 Å². The number of hydrogen-bond donors (Lipinski definition) is 1. The molecular formula is C11H11N3O4. The molecule has 0 aliphatic carbocycles. The summed E-state index contributed by atoms with van der Waals surface area (Å²) in [7, 11) is 0. The van der Waals surface area contributed by atoms with E-state index in [1.807, 2.05) is 0 Å². The summed E-state index contributed by atoms with van der Waals surface area (Å²) in [6, 6.07) is 1.39. The molecule has 0 bridgehead atoms. The molecule has 0 aliphatic heterocycles. The molecule has 0 spiro atoms. The summed E-state index contributed by atoms with van der Waals surface area (Å²) in [5.41, 5.74) is 0.785. The molecule has 18 heavy (non-hydrogen) atoms. The van der Waals surface area contributed by atoms with Crippen molar-refractivity contribution in [1.29, 1.82) is 0 Å². The molecule has 2 rings (SSSR count). The van der Waals surface area contributed by atoms with E-state index in [0.717, 1.165) is 4.52 Å². The number of carbonyl (C=O) groups excluding carboxylic acids is 1. The van der Waals surface area contributed by atoms with Gasteiger partial charge in [-0.1, -0.05) is 0 Å². The summed E-state index contributed by atoms with van der Waals surface area (Å²) in [4.78, 5) is 26.8. The molecule has 0 fully saturated rings. The minimum absolute atomic E-state index is 0.0481. The van der Waals surface area contributed by atoms with Crippen molar-refractivity contribution in [2.24, 2.45) is 0 Å². The zero-order chi connectivity index (χ0) is 13.3. The van der Waals surface area contributed by atoms with E-state index in [1.165, 1.54) is 12.3 Å². The molecule has 0 aromatic carbocycles. The van der Waals surface area contributed by atoms with Crippen molar-refractivity contribution in [3.63, 3.8) is 0 Å². The van der Waals surface area contributed by atoms with Crippen molar-refractivity contribution in [2.45, 2.75) is 13.8 Å². The third-order valence-corrected chi connectivity index (χ3v) is 2.31. The SMILES string of the molecule is CCOC(=O)c1cnn2c(C(=O)O)cc(C)nc12. The second kappa shape index (κ2) is 4.44. The molecule has 94 valence electrons. The number of aryl methyl sites for hydroxylation is 1. The van der Waals surface area contributed by atoms with Gasteiger partial charge in [0.1, 0.15) is 5.56 Å². The smallest absolute Gasteiger partial charge is 0.354 e. The molecule has 2 aromatic rings. The Kier molecular flexibility index (Phi) is 2.97. The zero-order valence-electron chi connectivity index (χ0n) is 9.88. The van der Waals surface area contributed by atoms with Gasteiger partial charge in [0.05, 0.1) is 12.8 Å². The number of hydrogen-bond acceptors (Lipinski definition) is 5. The number of rotatable bonds is 3. The number of esters is 1. The largest absolute Gasteiger partial charge is 0.477 e. The molecule has 7 nitrogen and oxygen atoms in total. The summed E-state index contributed by atoms with van der Waals surface area (Å²) >= 11 is 0. The summed E-state index contributed by atoms with van der Waals surface area (Å²) in [5, 5.41) is 12.9. The quantitative estimate of drug-likeness (QED) is 0.812. The number of fused-ring (bicyclic) bond motifs is 1. The fourth-order valence-corrected chi connectivity index (χ4v) is 1.59. The van der Waals surface area contributed by atoms with Crippen molar-refractivity contribution in [1.82, 2.24) is 14.6 Å². The molecule has 1 N–H and O–H groups in total. The van der Waals surface area contributed by atoms with E-state index in [1.54, 1.807) is 13.8 Å². The standard InChI is InChI=1S/C11H11N3O4/c1-3-18-11(17)7-5-12-14-8(10(15)16)4-6(2)13-9(7)14/h4-5H,3H2,1-2H3,(H,15,16). The van der Waals surface area contributed by atoms with Gasteiger partial charge in [-0.15, -0.1) is 0 Å². The number of ether oxygens (including phenoxy) is 1. The van der Waals surface area contributed by atoms with Crippen LogP contribution in [0.2, 0.25) is 0 Å². The molecule has 0 saturated heterocycles. The molecule has 0 amide bonds. The van der Waals surface area contributed by atoms with E-state index in [-0.39, 0.29) is 23.5 Å². The lowest BCUT2D eigenvalue weighted by Gasteiger charge is -2.02. The first-order valence-corrected chi connectivity index (χ1v) is 5.30. The number of carboxylic acids is 1. The molecule has 2 aromatic heterocycles. The molecule has 2 heterocycles. The third-order valence-electron chi connectivity index (χ3n) is 2.31. The van der Waals surface area contributed by atoms with Crippen LogP contribution in [0.15, 0.2) is 12.3 Å². The highest BCUT2D eigenvalue weighted by Crippen LogP contribution is 2.13. The van der Waals surface area contributed by atoms with Gasteiger partial charge in [0, 0.05) is 5.69 Å². The Labute approximate surface area is 102 Å². The Bertz CT molecular complexity index is 632. The van der Waals surface area contributed by atoms with Gasteiger partial charge < -0.3 is 9.84 Å². The van der Waals surface area contributed by atoms with Gasteiger partial charge in [0.2, 0.25) is 0 Å². The molecule has 0 unspecified atom stereocenters. The Morgan fingerprint density at radius 1 is 1.50 bits per heavy atom. The number of aromatic carboxylic acids is 1. The van der Waals surface area contributed by atoms with E-state index in [9.17, 15) is 9.59 Å². The lowest BCUT2D eigenvalue weighted by Crippen LogP contribution is -2.10. The van der Waals surface area contributed by atoms with Crippen LogP contribution >= 0.6 is 0 Å². The summed E-state index contributed by atoms with van der Waals surface area (Å²) in [5.74, 6) is -1.70. The maximum atomic E-state index is 11.6. The first kappa shape index (κ1) is 12.0. The highest BCUT2D eigenvalue weighted by molar-refractivity contribution is 5.96. The first-order valence-electron chi connectivity index (χ1n) is 5.30. The molecule has 0 atom stereocenters. The van der Waals surface area contributed by atoms with Gasteiger partial charge >= 0.3 is 11.9 Å². The van der Waals surface area contributed by atoms with Crippen LogP contribution < -0.4 is 0 Å². The maximum Gasteiger partial charge on any atom is 0.354 e. The normalized spacial score (nSPS) is 10.6. The highest BCUT2D eigenvalue weighted by Gasteiger charge is 2.19. The van der Waals surface area contributed by atoms with E-state index >= 15 is 0 Å². The summed E-state index contributed by atoms with van der Waals surface area (Å²) in [6.07, 6.45) is 1.26. The lowest BCUT2D eigenvalue weighted by molar-refractivity contribution is 0.0527. The Balaban J connectivity index is 2.66. The third kappa shape index (κ3) is 1.90. The minimum atomic E-state index is -1.14. The van der Waals surface area contributed by atoms with Crippen molar-refractivity contribution in [3.8, 4) is 0 Å². The predicted molar refractivity (Wildman–Crippen MR) is 60.6 cm³/mol. The number of nitrogens with zero attached hydrogens (tertiary/aromatic N) is 3. The van der Waals surface area contributed by atoms with Gasteiger partial charge in [-0.3, -0.25) is 0 Å². The second-order valence-electron chi connectivity index (χ2n) is 3.60. The maximum absolute atomic E-state index is 11.6. The van der Waals surface area contributed by atoms with Crippen LogP contribution in [0.5, 0.6) is 0 Å². The molecule has 7 heteroatoms. The number of carbonyl (C=O) groups is 2. The van der Waals surface area contributed by atoms with E-state index < -0.39 is 11.9 Å². The van der Waals surface area contributed by atoms with E-state index in [4.69, 9.17) is 9.84 Å².